The first kappa shape index (κ1) is 20.6. The lowest BCUT2D eigenvalue weighted by molar-refractivity contribution is 0.0625. The molecule has 1 aliphatic heterocycles. The third-order valence-electron chi connectivity index (χ3n) is 5.27. The SMILES string of the molecule is O=C(c1ccccc1SCc1ccccc1F)N1CCN(Cc2ccncc2)CC1. The summed E-state index contributed by atoms with van der Waals surface area (Å²) in [7, 11) is 0. The zero-order valence-electron chi connectivity index (χ0n) is 16.7. The molecule has 0 saturated carbocycles. The van der Waals surface area contributed by atoms with Crippen LogP contribution in [-0.2, 0) is 12.3 Å². The first-order valence-corrected chi connectivity index (χ1v) is 11.0. The Kier molecular flexibility index (Phi) is 6.77. The van der Waals surface area contributed by atoms with Crippen molar-refractivity contribution in [3.05, 3.63) is 95.6 Å². The van der Waals surface area contributed by atoms with Crippen molar-refractivity contribution in [1.29, 1.82) is 0 Å². The van der Waals surface area contributed by atoms with Gasteiger partial charge < -0.3 is 4.90 Å². The van der Waals surface area contributed by atoms with Crippen molar-refractivity contribution in [2.75, 3.05) is 26.2 Å². The molecule has 6 heteroatoms. The molecule has 0 N–H and O–H groups in total. The van der Waals surface area contributed by atoms with Crippen LogP contribution in [0.5, 0.6) is 0 Å². The van der Waals surface area contributed by atoms with E-state index in [1.54, 1.807) is 12.1 Å². The summed E-state index contributed by atoms with van der Waals surface area (Å²) in [6, 6.07) is 18.5. The highest BCUT2D eigenvalue weighted by atomic mass is 32.2. The Morgan fingerprint density at radius 3 is 2.40 bits per heavy atom. The van der Waals surface area contributed by atoms with Crippen LogP contribution in [0, 0.1) is 5.82 Å². The lowest BCUT2D eigenvalue weighted by Gasteiger charge is -2.35. The van der Waals surface area contributed by atoms with Crippen molar-refractivity contribution in [1.82, 2.24) is 14.8 Å². The second kappa shape index (κ2) is 9.87. The summed E-state index contributed by atoms with van der Waals surface area (Å²) >= 11 is 1.51. The van der Waals surface area contributed by atoms with Crippen molar-refractivity contribution in [3.8, 4) is 0 Å². The van der Waals surface area contributed by atoms with Gasteiger partial charge >= 0.3 is 0 Å². The Labute approximate surface area is 180 Å². The second-order valence-electron chi connectivity index (χ2n) is 7.30. The first-order valence-electron chi connectivity index (χ1n) is 10.1. The Hall–Kier alpha value is -2.70. The van der Waals surface area contributed by atoms with E-state index in [0.29, 0.717) is 30.0 Å². The number of thioether (sulfide) groups is 1. The van der Waals surface area contributed by atoms with Crippen LogP contribution in [0.15, 0.2) is 78.0 Å². The van der Waals surface area contributed by atoms with Crippen LogP contribution in [0.3, 0.4) is 0 Å². The zero-order valence-corrected chi connectivity index (χ0v) is 17.5. The third kappa shape index (κ3) is 5.07. The number of amides is 1. The number of hydrogen-bond donors (Lipinski definition) is 0. The van der Waals surface area contributed by atoms with E-state index >= 15 is 0 Å². The van der Waals surface area contributed by atoms with Gasteiger partial charge in [0.15, 0.2) is 0 Å². The molecule has 4 nitrogen and oxygen atoms in total. The summed E-state index contributed by atoms with van der Waals surface area (Å²) in [6.45, 7) is 3.98. The number of carbonyl (C=O) groups is 1. The fourth-order valence-electron chi connectivity index (χ4n) is 3.57. The molecule has 154 valence electrons. The number of halogens is 1. The van der Waals surface area contributed by atoms with E-state index in [4.69, 9.17) is 0 Å². The number of aromatic nitrogens is 1. The predicted molar refractivity (Wildman–Crippen MR) is 118 cm³/mol. The molecule has 1 saturated heterocycles. The highest BCUT2D eigenvalue weighted by Gasteiger charge is 2.24. The average Bonchev–Trinajstić information content (AvgIpc) is 2.79. The topological polar surface area (TPSA) is 36.4 Å². The van der Waals surface area contributed by atoms with Gasteiger partial charge in [-0.25, -0.2) is 4.39 Å². The van der Waals surface area contributed by atoms with Crippen molar-refractivity contribution >= 4 is 17.7 Å². The van der Waals surface area contributed by atoms with Crippen molar-refractivity contribution in [3.63, 3.8) is 0 Å². The van der Waals surface area contributed by atoms with E-state index in [-0.39, 0.29) is 11.7 Å². The molecule has 1 aliphatic rings. The summed E-state index contributed by atoms with van der Waals surface area (Å²) in [5.41, 5.74) is 2.58. The quantitative estimate of drug-likeness (QED) is 0.550. The fourth-order valence-corrected chi connectivity index (χ4v) is 4.60. The monoisotopic (exact) mass is 421 g/mol. The van der Waals surface area contributed by atoms with Gasteiger partial charge in [0.1, 0.15) is 5.82 Å². The molecular weight excluding hydrogens is 397 g/mol. The maximum atomic E-state index is 13.9. The normalized spacial score (nSPS) is 14.6. The van der Waals surface area contributed by atoms with Crippen LogP contribution >= 0.6 is 11.8 Å². The number of rotatable bonds is 6. The van der Waals surface area contributed by atoms with Gasteiger partial charge in [-0.05, 0) is 41.5 Å². The molecule has 0 bridgehead atoms. The van der Waals surface area contributed by atoms with Crippen molar-refractivity contribution < 1.29 is 9.18 Å². The van der Waals surface area contributed by atoms with Gasteiger partial charge in [0, 0.05) is 55.8 Å². The molecule has 0 unspecified atom stereocenters. The van der Waals surface area contributed by atoms with Gasteiger partial charge in [0.25, 0.3) is 5.91 Å². The van der Waals surface area contributed by atoms with Gasteiger partial charge in [-0.1, -0.05) is 30.3 Å². The standard InChI is InChI=1S/C24H24FN3OS/c25-22-7-3-1-5-20(22)18-30-23-8-4-2-6-21(23)24(29)28-15-13-27(14-16-28)17-19-9-11-26-12-10-19/h1-12H,13-18H2. The van der Waals surface area contributed by atoms with Gasteiger partial charge in [0.05, 0.1) is 5.56 Å². The Bertz CT molecular complexity index is 991. The van der Waals surface area contributed by atoms with Gasteiger partial charge in [-0.15, -0.1) is 11.8 Å². The summed E-state index contributed by atoms with van der Waals surface area (Å²) < 4.78 is 13.9. The minimum absolute atomic E-state index is 0.0511. The van der Waals surface area contributed by atoms with Crippen molar-refractivity contribution in [2.45, 2.75) is 17.2 Å². The van der Waals surface area contributed by atoms with Gasteiger partial charge in [-0.3, -0.25) is 14.7 Å². The number of hydrogen-bond acceptors (Lipinski definition) is 4. The largest absolute Gasteiger partial charge is 0.336 e. The summed E-state index contributed by atoms with van der Waals surface area (Å²) in [6.07, 6.45) is 3.62. The fraction of sp³-hybridized carbons (Fsp3) is 0.250. The minimum Gasteiger partial charge on any atom is -0.336 e. The molecule has 4 rings (SSSR count). The first-order chi connectivity index (χ1) is 14.7. The van der Waals surface area contributed by atoms with Crippen LogP contribution in [0.25, 0.3) is 0 Å². The molecule has 3 aromatic rings. The number of carbonyl (C=O) groups excluding carboxylic acids is 1. The molecule has 0 aliphatic carbocycles. The van der Waals surface area contributed by atoms with Crippen LogP contribution in [0.1, 0.15) is 21.5 Å². The molecule has 2 heterocycles. The Morgan fingerprint density at radius 1 is 0.933 bits per heavy atom. The van der Waals surface area contributed by atoms with Gasteiger partial charge in [-0.2, -0.15) is 0 Å². The number of benzene rings is 2. The highest BCUT2D eigenvalue weighted by Crippen LogP contribution is 2.28. The van der Waals surface area contributed by atoms with Crippen LogP contribution < -0.4 is 0 Å². The van der Waals surface area contributed by atoms with Crippen LogP contribution in [0.2, 0.25) is 0 Å². The number of piperazine rings is 1. The zero-order chi connectivity index (χ0) is 20.8. The van der Waals surface area contributed by atoms with E-state index in [9.17, 15) is 9.18 Å². The van der Waals surface area contributed by atoms with E-state index in [1.807, 2.05) is 59.8 Å². The lowest BCUT2D eigenvalue weighted by Crippen LogP contribution is -2.48. The van der Waals surface area contributed by atoms with Crippen LogP contribution in [-0.4, -0.2) is 46.9 Å². The maximum Gasteiger partial charge on any atom is 0.255 e. The smallest absolute Gasteiger partial charge is 0.255 e. The maximum absolute atomic E-state index is 13.9. The molecule has 1 amide bonds. The predicted octanol–water partition coefficient (Wildman–Crippen LogP) is 4.47. The van der Waals surface area contributed by atoms with Crippen LogP contribution in [0.4, 0.5) is 4.39 Å². The van der Waals surface area contributed by atoms with E-state index in [1.165, 1.54) is 23.4 Å². The summed E-state index contributed by atoms with van der Waals surface area (Å²) in [5, 5.41) is 0. The molecule has 1 aromatic heterocycles. The third-order valence-corrected chi connectivity index (χ3v) is 6.40. The van der Waals surface area contributed by atoms with Crippen molar-refractivity contribution in [2.24, 2.45) is 0 Å². The lowest BCUT2D eigenvalue weighted by atomic mass is 10.1. The second-order valence-corrected chi connectivity index (χ2v) is 8.32. The molecular formula is C24H24FN3OS. The van der Waals surface area contributed by atoms with E-state index < -0.39 is 0 Å². The molecule has 30 heavy (non-hydrogen) atoms. The van der Waals surface area contributed by atoms with E-state index in [0.717, 1.165) is 24.5 Å². The summed E-state index contributed by atoms with van der Waals surface area (Å²) in [5.74, 6) is 0.339. The molecule has 0 radical (unpaired) electrons. The Morgan fingerprint density at radius 2 is 1.63 bits per heavy atom. The summed E-state index contributed by atoms with van der Waals surface area (Å²) in [4.78, 5) is 22.4. The average molecular weight is 422 g/mol. The van der Waals surface area contributed by atoms with E-state index in [2.05, 4.69) is 9.88 Å². The number of nitrogens with zero attached hydrogens (tertiary/aromatic N) is 3. The highest BCUT2D eigenvalue weighted by molar-refractivity contribution is 7.98. The van der Waals surface area contributed by atoms with Gasteiger partial charge in [0.2, 0.25) is 0 Å². The molecule has 0 spiro atoms. The number of pyridine rings is 1. The Balaban J connectivity index is 1.37. The molecule has 1 fully saturated rings. The molecule has 2 aromatic carbocycles. The molecule has 0 atom stereocenters. The minimum atomic E-state index is -0.209.